The van der Waals surface area contributed by atoms with Gasteiger partial charge in [0.15, 0.2) is 0 Å². The zero-order valence-electron chi connectivity index (χ0n) is 16.9. The van der Waals surface area contributed by atoms with Crippen LogP contribution in [0.15, 0.2) is 65.7 Å². The van der Waals surface area contributed by atoms with E-state index in [2.05, 4.69) is 93.3 Å². The largest absolute Gasteiger partial charge is 0.459 e. The van der Waals surface area contributed by atoms with Crippen LogP contribution in [0.2, 0.25) is 0 Å². The smallest absolute Gasteiger partial charge is 0.228 e. The number of rotatable bonds is 2. The van der Waals surface area contributed by atoms with Gasteiger partial charge in [0.1, 0.15) is 11.4 Å². The van der Waals surface area contributed by atoms with E-state index in [-0.39, 0.29) is 5.41 Å². The van der Waals surface area contributed by atoms with Crippen LogP contribution in [0.5, 0.6) is 5.75 Å². The summed E-state index contributed by atoms with van der Waals surface area (Å²) in [5.41, 5.74) is 2.63. The molecule has 142 valence electrons. The Bertz CT molecular complexity index is 1100. The standard InChI is InChI=1S/C25H26N2O/c1-17(2)15-27-21-12-8-7-11-20(21)24(3,4)25(27)16-26-23-19-10-6-5-9-18(19)13-14-22(23)28-25/h5-14,16-17H,15H2,1-4H3. The molecule has 5 rings (SSSR count). The molecule has 2 aliphatic rings. The number of aliphatic imine (C=N–C) groups is 1. The van der Waals surface area contributed by atoms with Gasteiger partial charge in [0.25, 0.3) is 0 Å². The van der Waals surface area contributed by atoms with Gasteiger partial charge in [-0.15, -0.1) is 0 Å². The summed E-state index contributed by atoms with van der Waals surface area (Å²) in [6, 6.07) is 21.2. The SMILES string of the molecule is CC(C)CN1c2ccccc2C(C)(C)C12C=Nc1c(ccc3ccccc13)O2. The van der Waals surface area contributed by atoms with Crippen LogP contribution in [0.25, 0.3) is 10.8 Å². The van der Waals surface area contributed by atoms with Gasteiger partial charge in [0.05, 0.1) is 11.6 Å². The summed E-state index contributed by atoms with van der Waals surface area (Å²) >= 11 is 0. The van der Waals surface area contributed by atoms with Crippen molar-refractivity contribution in [2.45, 2.75) is 38.8 Å². The van der Waals surface area contributed by atoms with Crippen LogP contribution in [0, 0.1) is 5.92 Å². The molecule has 0 radical (unpaired) electrons. The molecule has 0 amide bonds. The van der Waals surface area contributed by atoms with E-state index < -0.39 is 5.72 Å². The van der Waals surface area contributed by atoms with E-state index in [4.69, 9.17) is 9.73 Å². The number of nitrogens with zero attached hydrogens (tertiary/aromatic N) is 2. The van der Waals surface area contributed by atoms with Crippen LogP contribution in [0.3, 0.4) is 0 Å². The monoisotopic (exact) mass is 370 g/mol. The zero-order chi connectivity index (χ0) is 19.5. The number of fused-ring (bicyclic) bond motifs is 4. The zero-order valence-corrected chi connectivity index (χ0v) is 16.9. The first-order chi connectivity index (χ1) is 13.4. The maximum Gasteiger partial charge on any atom is 0.228 e. The number of anilines is 1. The molecular weight excluding hydrogens is 344 g/mol. The minimum atomic E-state index is -0.629. The fraction of sp³-hybridized carbons (Fsp3) is 0.320. The van der Waals surface area contributed by atoms with Gasteiger partial charge in [-0.05, 0) is 42.8 Å². The molecule has 3 heteroatoms. The molecule has 3 aromatic carbocycles. The topological polar surface area (TPSA) is 24.8 Å². The van der Waals surface area contributed by atoms with Gasteiger partial charge in [-0.25, -0.2) is 0 Å². The van der Waals surface area contributed by atoms with Crippen molar-refractivity contribution in [3.63, 3.8) is 0 Å². The molecule has 0 aliphatic carbocycles. The Labute approximate surface area is 166 Å². The lowest BCUT2D eigenvalue weighted by molar-refractivity contribution is 0.0757. The molecule has 1 atom stereocenters. The van der Waals surface area contributed by atoms with E-state index in [0.29, 0.717) is 5.92 Å². The predicted octanol–water partition coefficient (Wildman–Crippen LogP) is 6.08. The highest BCUT2D eigenvalue weighted by Crippen LogP contribution is 2.54. The van der Waals surface area contributed by atoms with Crippen molar-refractivity contribution in [2.24, 2.45) is 10.9 Å². The van der Waals surface area contributed by atoms with Crippen molar-refractivity contribution < 1.29 is 4.74 Å². The third-order valence-electron chi connectivity index (χ3n) is 6.21. The molecule has 28 heavy (non-hydrogen) atoms. The Morgan fingerprint density at radius 1 is 0.964 bits per heavy atom. The van der Waals surface area contributed by atoms with Gasteiger partial charge in [0.2, 0.25) is 5.72 Å². The molecule has 1 unspecified atom stereocenters. The minimum absolute atomic E-state index is 0.231. The summed E-state index contributed by atoms with van der Waals surface area (Å²) in [5.74, 6) is 1.37. The highest BCUT2D eigenvalue weighted by molar-refractivity contribution is 5.99. The third kappa shape index (κ3) is 2.19. The second-order valence-electron chi connectivity index (χ2n) is 8.84. The van der Waals surface area contributed by atoms with Crippen LogP contribution < -0.4 is 9.64 Å². The highest BCUT2D eigenvalue weighted by atomic mass is 16.5. The summed E-state index contributed by atoms with van der Waals surface area (Å²) in [7, 11) is 0. The van der Waals surface area contributed by atoms with E-state index in [1.54, 1.807) is 0 Å². The average molecular weight is 370 g/mol. The van der Waals surface area contributed by atoms with Crippen molar-refractivity contribution in [1.29, 1.82) is 0 Å². The van der Waals surface area contributed by atoms with Crippen LogP contribution in [-0.4, -0.2) is 18.5 Å². The van der Waals surface area contributed by atoms with Gasteiger partial charge in [-0.2, -0.15) is 0 Å². The molecule has 3 aromatic rings. The van der Waals surface area contributed by atoms with Gasteiger partial charge in [0, 0.05) is 17.6 Å². The summed E-state index contributed by atoms with van der Waals surface area (Å²) in [5, 5.41) is 2.32. The molecule has 3 nitrogen and oxygen atoms in total. The number of hydrogen-bond acceptors (Lipinski definition) is 3. The molecule has 0 saturated heterocycles. The third-order valence-corrected chi connectivity index (χ3v) is 6.21. The van der Waals surface area contributed by atoms with Crippen molar-refractivity contribution >= 4 is 28.4 Å². The summed E-state index contributed by atoms with van der Waals surface area (Å²) in [6.45, 7) is 9.95. The second kappa shape index (κ2) is 5.84. The fourth-order valence-corrected chi connectivity index (χ4v) is 4.76. The molecule has 2 aliphatic heterocycles. The van der Waals surface area contributed by atoms with Crippen LogP contribution >= 0.6 is 0 Å². The Morgan fingerprint density at radius 2 is 1.71 bits per heavy atom. The van der Waals surface area contributed by atoms with Crippen molar-refractivity contribution in [3.05, 3.63) is 66.2 Å². The first-order valence-electron chi connectivity index (χ1n) is 10.1. The lowest BCUT2D eigenvalue weighted by Gasteiger charge is -2.46. The predicted molar refractivity (Wildman–Crippen MR) is 117 cm³/mol. The average Bonchev–Trinajstić information content (AvgIpc) is 2.86. The molecule has 0 saturated carbocycles. The Balaban J connectivity index is 1.71. The number of ether oxygens (including phenoxy) is 1. The lowest BCUT2D eigenvalue weighted by atomic mass is 9.77. The van der Waals surface area contributed by atoms with E-state index in [1.165, 1.54) is 16.6 Å². The van der Waals surface area contributed by atoms with Gasteiger partial charge in [-0.3, -0.25) is 4.99 Å². The summed E-state index contributed by atoms with van der Waals surface area (Å²) in [6.07, 6.45) is 2.05. The summed E-state index contributed by atoms with van der Waals surface area (Å²) < 4.78 is 6.88. The van der Waals surface area contributed by atoms with Gasteiger partial charge >= 0.3 is 0 Å². The van der Waals surface area contributed by atoms with Crippen LogP contribution in [-0.2, 0) is 5.41 Å². The number of benzene rings is 3. The molecular formula is C25H26N2O. The molecule has 0 N–H and O–H groups in total. The van der Waals surface area contributed by atoms with E-state index in [1.807, 2.05) is 6.21 Å². The fourth-order valence-electron chi connectivity index (χ4n) is 4.76. The summed E-state index contributed by atoms with van der Waals surface area (Å²) in [4.78, 5) is 7.41. The van der Waals surface area contributed by atoms with E-state index in [0.717, 1.165) is 23.4 Å². The van der Waals surface area contributed by atoms with E-state index in [9.17, 15) is 0 Å². The Morgan fingerprint density at radius 3 is 2.54 bits per heavy atom. The lowest BCUT2D eigenvalue weighted by Crippen LogP contribution is -2.62. The van der Waals surface area contributed by atoms with Gasteiger partial charge in [-0.1, -0.05) is 62.4 Å². The minimum Gasteiger partial charge on any atom is -0.459 e. The first-order valence-corrected chi connectivity index (χ1v) is 10.1. The van der Waals surface area contributed by atoms with Crippen LogP contribution in [0.4, 0.5) is 11.4 Å². The first kappa shape index (κ1) is 17.3. The Kier molecular flexibility index (Phi) is 3.61. The highest BCUT2D eigenvalue weighted by Gasteiger charge is 2.59. The maximum atomic E-state index is 6.88. The molecule has 1 spiro atoms. The van der Waals surface area contributed by atoms with E-state index >= 15 is 0 Å². The quantitative estimate of drug-likeness (QED) is 0.546. The molecule has 0 fully saturated rings. The van der Waals surface area contributed by atoms with Crippen molar-refractivity contribution in [2.75, 3.05) is 11.4 Å². The normalized spacial score (nSPS) is 21.8. The maximum absolute atomic E-state index is 6.88. The number of hydrogen-bond donors (Lipinski definition) is 0. The van der Waals surface area contributed by atoms with Crippen LogP contribution in [0.1, 0.15) is 33.3 Å². The Hall–Kier alpha value is -2.81. The second-order valence-corrected chi connectivity index (χ2v) is 8.84. The molecule has 0 bridgehead atoms. The number of para-hydroxylation sites is 1. The molecule has 2 heterocycles. The molecule has 0 aromatic heterocycles. The van der Waals surface area contributed by atoms with Crippen molar-refractivity contribution in [1.82, 2.24) is 0 Å². The van der Waals surface area contributed by atoms with Crippen molar-refractivity contribution in [3.8, 4) is 5.75 Å². The van der Waals surface area contributed by atoms with Gasteiger partial charge < -0.3 is 9.64 Å².